The lowest BCUT2D eigenvalue weighted by Crippen LogP contribution is -2.22. The number of hydrogen-bond donors (Lipinski definition) is 1. The molecule has 0 aromatic rings. The average Bonchev–Trinajstić information content (AvgIpc) is 2.65. The zero-order chi connectivity index (χ0) is 10.2. The Balaban J connectivity index is 1.94. The van der Waals surface area contributed by atoms with Crippen molar-refractivity contribution < 1.29 is 9.47 Å². The predicted molar refractivity (Wildman–Crippen MR) is 57.2 cm³/mol. The van der Waals surface area contributed by atoms with E-state index in [1.807, 2.05) is 6.08 Å². The minimum atomic E-state index is 0.261. The normalized spacial score (nSPS) is 26.6. The first kappa shape index (κ1) is 11.7. The number of unbranched alkanes of at least 4 members (excludes halogenated alkanes) is 1. The van der Waals surface area contributed by atoms with E-state index in [9.17, 15) is 0 Å². The molecule has 1 fully saturated rings. The molecule has 14 heavy (non-hydrogen) atoms. The van der Waals surface area contributed by atoms with E-state index >= 15 is 0 Å². The number of ether oxygens (including phenoxy) is 2. The van der Waals surface area contributed by atoms with Gasteiger partial charge in [-0.25, -0.2) is 0 Å². The van der Waals surface area contributed by atoms with Crippen molar-refractivity contribution in [1.29, 1.82) is 0 Å². The fourth-order valence-corrected chi connectivity index (χ4v) is 1.62. The van der Waals surface area contributed by atoms with E-state index < -0.39 is 0 Å². The highest BCUT2D eigenvalue weighted by Crippen LogP contribution is 2.18. The van der Waals surface area contributed by atoms with E-state index in [-0.39, 0.29) is 12.2 Å². The Kier molecular flexibility index (Phi) is 5.83. The molecular weight excluding hydrogens is 178 g/mol. The highest BCUT2D eigenvalue weighted by Gasteiger charge is 2.23. The first-order valence-electron chi connectivity index (χ1n) is 5.41. The maximum Gasteiger partial charge on any atom is 0.0813 e. The van der Waals surface area contributed by atoms with Crippen molar-refractivity contribution in [2.75, 3.05) is 19.8 Å². The van der Waals surface area contributed by atoms with Crippen LogP contribution in [0.2, 0.25) is 0 Å². The summed E-state index contributed by atoms with van der Waals surface area (Å²) in [6.07, 6.45) is 6.69. The van der Waals surface area contributed by atoms with Crippen LogP contribution in [0.3, 0.4) is 0 Å². The van der Waals surface area contributed by atoms with Gasteiger partial charge >= 0.3 is 0 Å². The van der Waals surface area contributed by atoms with E-state index in [1.54, 1.807) is 0 Å². The Morgan fingerprint density at radius 1 is 1.43 bits per heavy atom. The summed E-state index contributed by atoms with van der Waals surface area (Å²) in [5.41, 5.74) is 5.51. The van der Waals surface area contributed by atoms with E-state index in [0.29, 0.717) is 13.2 Å². The van der Waals surface area contributed by atoms with Crippen molar-refractivity contribution in [3.05, 3.63) is 12.7 Å². The lowest BCUT2D eigenvalue weighted by Gasteiger charge is -2.12. The average molecular weight is 199 g/mol. The molecule has 0 spiro atoms. The Labute approximate surface area is 86.3 Å². The van der Waals surface area contributed by atoms with Gasteiger partial charge in [-0.1, -0.05) is 6.08 Å². The van der Waals surface area contributed by atoms with Crippen LogP contribution in [0, 0.1) is 0 Å². The van der Waals surface area contributed by atoms with E-state index in [1.165, 1.54) is 0 Å². The van der Waals surface area contributed by atoms with Gasteiger partial charge in [0, 0.05) is 13.2 Å². The van der Waals surface area contributed by atoms with Crippen molar-refractivity contribution in [1.82, 2.24) is 0 Å². The molecule has 0 radical (unpaired) electrons. The third kappa shape index (κ3) is 4.22. The van der Waals surface area contributed by atoms with E-state index in [0.717, 1.165) is 32.3 Å². The maximum absolute atomic E-state index is 5.65. The second-order valence-electron chi connectivity index (χ2n) is 3.70. The Morgan fingerprint density at radius 3 is 2.86 bits per heavy atom. The molecule has 0 amide bonds. The molecule has 1 heterocycles. The first-order chi connectivity index (χ1) is 6.86. The molecule has 3 heteroatoms. The van der Waals surface area contributed by atoms with E-state index in [4.69, 9.17) is 15.2 Å². The van der Waals surface area contributed by atoms with Gasteiger partial charge in [0.2, 0.25) is 0 Å². The Bertz CT molecular complexity index is 161. The van der Waals surface area contributed by atoms with Gasteiger partial charge in [-0.15, -0.1) is 6.58 Å². The molecule has 1 rings (SSSR count). The molecule has 82 valence electrons. The summed E-state index contributed by atoms with van der Waals surface area (Å²) in [7, 11) is 0. The molecule has 0 bridgehead atoms. The minimum absolute atomic E-state index is 0.261. The fourth-order valence-electron chi connectivity index (χ4n) is 1.62. The summed E-state index contributed by atoms with van der Waals surface area (Å²) in [5, 5.41) is 0. The van der Waals surface area contributed by atoms with Gasteiger partial charge in [0.1, 0.15) is 0 Å². The van der Waals surface area contributed by atoms with Crippen molar-refractivity contribution >= 4 is 0 Å². The van der Waals surface area contributed by atoms with Crippen LogP contribution < -0.4 is 5.73 Å². The molecule has 0 aromatic heterocycles. The molecule has 2 N–H and O–H groups in total. The van der Waals surface area contributed by atoms with Crippen LogP contribution in [0.25, 0.3) is 0 Å². The molecule has 0 aromatic carbocycles. The molecular formula is C11H21NO2. The topological polar surface area (TPSA) is 44.5 Å². The molecule has 0 saturated carbocycles. The summed E-state index contributed by atoms with van der Waals surface area (Å²) in [5.74, 6) is 0. The first-order valence-corrected chi connectivity index (χ1v) is 5.41. The Morgan fingerprint density at radius 2 is 2.21 bits per heavy atom. The van der Waals surface area contributed by atoms with Gasteiger partial charge in [0.15, 0.2) is 0 Å². The number of nitrogens with two attached hydrogens (primary N) is 1. The van der Waals surface area contributed by atoms with Crippen molar-refractivity contribution in [3.8, 4) is 0 Å². The number of rotatable bonds is 7. The lowest BCUT2D eigenvalue weighted by molar-refractivity contribution is -0.0122. The van der Waals surface area contributed by atoms with Crippen LogP contribution in [0.5, 0.6) is 0 Å². The van der Waals surface area contributed by atoms with Gasteiger partial charge < -0.3 is 15.2 Å². The summed E-state index contributed by atoms with van der Waals surface area (Å²) >= 11 is 0. The fraction of sp³-hybridized carbons (Fsp3) is 0.818. The predicted octanol–water partition coefficient (Wildman–Crippen LogP) is 1.48. The molecule has 2 atom stereocenters. The van der Waals surface area contributed by atoms with Crippen molar-refractivity contribution in [2.45, 2.75) is 37.9 Å². The van der Waals surface area contributed by atoms with Crippen LogP contribution >= 0.6 is 0 Å². The van der Waals surface area contributed by atoms with Crippen molar-refractivity contribution in [3.63, 3.8) is 0 Å². The maximum atomic E-state index is 5.65. The zero-order valence-corrected chi connectivity index (χ0v) is 8.78. The lowest BCUT2D eigenvalue weighted by atomic mass is 10.2. The third-order valence-corrected chi connectivity index (χ3v) is 2.46. The largest absolute Gasteiger partial charge is 0.379 e. The molecule has 3 nitrogen and oxygen atoms in total. The molecule has 1 saturated heterocycles. The summed E-state index contributed by atoms with van der Waals surface area (Å²) < 4.78 is 11.1. The highest BCUT2D eigenvalue weighted by atomic mass is 16.5. The molecule has 0 aliphatic carbocycles. The van der Waals surface area contributed by atoms with Crippen LogP contribution in [0.15, 0.2) is 12.7 Å². The summed E-state index contributed by atoms with van der Waals surface area (Å²) in [4.78, 5) is 0. The van der Waals surface area contributed by atoms with Gasteiger partial charge in [-0.05, 0) is 25.7 Å². The van der Waals surface area contributed by atoms with Gasteiger partial charge in [0.05, 0.1) is 18.8 Å². The number of hydrogen-bond acceptors (Lipinski definition) is 3. The summed E-state index contributed by atoms with van der Waals surface area (Å²) in [6, 6.07) is 0. The van der Waals surface area contributed by atoms with Crippen LogP contribution in [-0.2, 0) is 9.47 Å². The van der Waals surface area contributed by atoms with Gasteiger partial charge in [-0.3, -0.25) is 0 Å². The van der Waals surface area contributed by atoms with E-state index in [2.05, 4.69) is 6.58 Å². The minimum Gasteiger partial charge on any atom is -0.379 e. The Hall–Kier alpha value is -0.380. The smallest absolute Gasteiger partial charge is 0.0813 e. The second-order valence-corrected chi connectivity index (χ2v) is 3.70. The summed E-state index contributed by atoms with van der Waals surface area (Å²) in [6.45, 7) is 5.82. The van der Waals surface area contributed by atoms with Crippen LogP contribution in [0.1, 0.15) is 25.7 Å². The van der Waals surface area contributed by atoms with Crippen molar-refractivity contribution in [2.24, 2.45) is 5.73 Å². The SMILES string of the molecule is C=CCCCOCC1CCC(CN)O1. The third-order valence-electron chi connectivity index (χ3n) is 2.46. The van der Waals surface area contributed by atoms with Crippen LogP contribution in [-0.4, -0.2) is 32.0 Å². The second kappa shape index (κ2) is 6.98. The quantitative estimate of drug-likeness (QED) is 0.499. The standard InChI is InChI=1S/C11H21NO2/c1-2-3-4-7-13-9-11-6-5-10(8-12)14-11/h2,10-11H,1,3-9,12H2. The molecule has 2 unspecified atom stereocenters. The monoisotopic (exact) mass is 199 g/mol. The molecule has 1 aliphatic heterocycles. The van der Waals surface area contributed by atoms with Crippen LogP contribution in [0.4, 0.5) is 0 Å². The molecule has 1 aliphatic rings. The zero-order valence-electron chi connectivity index (χ0n) is 8.78. The van der Waals surface area contributed by atoms with Gasteiger partial charge in [-0.2, -0.15) is 0 Å². The number of allylic oxidation sites excluding steroid dienone is 1. The highest BCUT2D eigenvalue weighted by molar-refractivity contribution is 4.73. The van der Waals surface area contributed by atoms with Gasteiger partial charge in [0.25, 0.3) is 0 Å².